The predicted molar refractivity (Wildman–Crippen MR) is 73.3 cm³/mol. The molecule has 0 aliphatic rings. The number of carbonyl (C=O) groups is 1. The number of pyridine rings is 1. The van der Waals surface area contributed by atoms with E-state index in [1.807, 2.05) is 6.07 Å². The van der Waals surface area contributed by atoms with Gasteiger partial charge in [0.15, 0.2) is 5.69 Å². The molecule has 3 aromatic heterocycles. The fourth-order valence-corrected chi connectivity index (χ4v) is 2.15. The Labute approximate surface area is 123 Å². The molecule has 21 heavy (non-hydrogen) atoms. The van der Waals surface area contributed by atoms with Crippen molar-refractivity contribution in [1.29, 1.82) is 0 Å². The second-order valence-electron chi connectivity index (χ2n) is 4.11. The average molecular weight is 302 g/mol. The molecule has 8 nitrogen and oxygen atoms in total. The summed E-state index contributed by atoms with van der Waals surface area (Å²) in [6, 6.07) is 5.41. The average Bonchev–Trinajstić information content (AvgIpc) is 3.15. The highest BCUT2D eigenvalue weighted by Crippen LogP contribution is 2.11. The van der Waals surface area contributed by atoms with Gasteiger partial charge in [-0.25, -0.2) is 0 Å². The van der Waals surface area contributed by atoms with Crippen molar-refractivity contribution in [3.63, 3.8) is 0 Å². The third kappa shape index (κ3) is 2.92. The van der Waals surface area contributed by atoms with Crippen LogP contribution in [0.3, 0.4) is 0 Å². The topological polar surface area (TPSA) is 107 Å². The molecule has 0 saturated carbocycles. The van der Waals surface area contributed by atoms with Crippen LogP contribution < -0.4 is 5.32 Å². The summed E-state index contributed by atoms with van der Waals surface area (Å²) >= 11 is 0.997. The number of nitrogens with one attached hydrogen (secondary N) is 1. The van der Waals surface area contributed by atoms with Gasteiger partial charge in [0.1, 0.15) is 5.69 Å². The predicted octanol–water partition coefficient (Wildman–Crippen LogP) is 1.22. The Morgan fingerprint density at radius 2 is 2.29 bits per heavy atom. The minimum atomic E-state index is -0.321. The lowest BCUT2D eigenvalue weighted by Gasteiger charge is -1.98. The number of hydrogen-bond acceptors (Lipinski definition) is 8. The number of amides is 1. The van der Waals surface area contributed by atoms with Gasteiger partial charge in [0.2, 0.25) is 11.7 Å². The Hall–Kier alpha value is -2.68. The zero-order valence-electron chi connectivity index (χ0n) is 11.0. The van der Waals surface area contributed by atoms with Gasteiger partial charge in [-0.05, 0) is 19.1 Å². The summed E-state index contributed by atoms with van der Waals surface area (Å²) in [6.45, 7) is 1.85. The molecule has 3 aromatic rings. The molecule has 0 aromatic carbocycles. The van der Waals surface area contributed by atoms with Crippen molar-refractivity contribution in [2.75, 3.05) is 0 Å². The highest BCUT2D eigenvalue weighted by atomic mass is 32.1. The molecule has 0 aliphatic heterocycles. The van der Waals surface area contributed by atoms with Crippen LogP contribution >= 0.6 is 11.7 Å². The fourth-order valence-electron chi connectivity index (χ4n) is 1.60. The van der Waals surface area contributed by atoms with Gasteiger partial charge in [-0.1, -0.05) is 11.2 Å². The van der Waals surface area contributed by atoms with Gasteiger partial charge in [-0.3, -0.25) is 9.78 Å². The highest BCUT2D eigenvalue weighted by molar-refractivity contribution is 6.99. The molecule has 1 N–H and O–H groups in total. The summed E-state index contributed by atoms with van der Waals surface area (Å²) in [5.74, 6) is 0.357. The van der Waals surface area contributed by atoms with E-state index in [-0.39, 0.29) is 12.5 Å². The minimum absolute atomic E-state index is 0.121. The van der Waals surface area contributed by atoms with Gasteiger partial charge < -0.3 is 9.84 Å². The van der Waals surface area contributed by atoms with E-state index >= 15 is 0 Å². The number of carbonyl (C=O) groups excluding carboxylic acids is 1. The molecule has 0 saturated heterocycles. The summed E-state index contributed by atoms with van der Waals surface area (Å²) in [6.07, 6.45) is 1.64. The van der Waals surface area contributed by atoms with Crippen molar-refractivity contribution >= 4 is 17.6 Å². The van der Waals surface area contributed by atoms with E-state index in [4.69, 9.17) is 4.52 Å². The zero-order valence-corrected chi connectivity index (χ0v) is 11.8. The first-order valence-electron chi connectivity index (χ1n) is 6.05. The third-order valence-electron chi connectivity index (χ3n) is 2.63. The molecule has 0 fully saturated rings. The van der Waals surface area contributed by atoms with Crippen LogP contribution in [0.4, 0.5) is 0 Å². The monoisotopic (exact) mass is 302 g/mol. The largest absolute Gasteiger partial charge is 0.342 e. The van der Waals surface area contributed by atoms with Crippen molar-refractivity contribution in [3.8, 4) is 11.5 Å². The summed E-state index contributed by atoms with van der Waals surface area (Å²) in [4.78, 5) is 20.2. The van der Waals surface area contributed by atoms with Crippen LogP contribution in [0, 0.1) is 6.92 Å². The van der Waals surface area contributed by atoms with Crippen LogP contribution in [-0.4, -0.2) is 29.8 Å². The smallest absolute Gasteiger partial charge is 0.273 e. The molecule has 3 rings (SSSR count). The van der Waals surface area contributed by atoms with Crippen LogP contribution in [0.2, 0.25) is 0 Å². The van der Waals surface area contributed by atoms with Gasteiger partial charge in [0, 0.05) is 6.20 Å². The van der Waals surface area contributed by atoms with Crippen LogP contribution in [0.15, 0.2) is 28.9 Å². The van der Waals surface area contributed by atoms with Gasteiger partial charge in [-0.2, -0.15) is 13.7 Å². The Balaban J connectivity index is 1.66. The zero-order chi connectivity index (χ0) is 14.7. The van der Waals surface area contributed by atoms with Crippen LogP contribution in [0.25, 0.3) is 11.5 Å². The number of hydrogen-bond donors (Lipinski definition) is 1. The number of nitrogens with zero attached hydrogens (tertiary/aromatic N) is 5. The first-order chi connectivity index (χ1) is 10.2. The van der Waals surface area contributed by atoms with E-state index in [0.717, 1.165) is 11.7 Å². The quantitative estimate of drug-likeness (QED) is 0.772. The Kier molecular flexibility index (Phi) is 3.65. The molecule has 0 aliphatic carbocycles. The molecule has 0 radical (unpaired) electrons. The standard InChI is InChI=1S/C12H10N6O2S/c1-7-10(18-21-17-7)12(19)14-6-9-15-11(16-20-9)8-4-2-3-5-13-8/h2-5H,6H2,1H3,(H,14,19). The lowest BCUT2D eigenvalue weighted by Crippen LogP contribution is -2.24. The maximum atomic E-state index is 11.9. The van der Waals surface area contributed by atoms with E-state index < -0.39 is 0 Å². The second-order valence-corrected chi connectivity index (χ2v) is 4.64. The van der Waals surface area contributed by atoms with Gasteiger partial charge >= 0.3 is 0 Å². The SMILES string of the molecule is Cc1nsnc1C(=O)NCc1nc(-c2ccccn2)no1. The van der Waals surface area contributed by atoms with E-state index in [9.17, 15) is 4.79 Å². The van der Waals surface area contributed by atoms with Crippen molar-refractivity contribution in [2.45, 2.75) is 13.5 Å². The fraction of sp³-hybridized carbons (Fsp3) is 0.167. The van der Waals surface area contributed by atoms with E-state index in [1.165, 1.54) is 0 Å². The Bertz CT molecular complexity index is 754. The number of aromatic nitrogens is 5. The van der Waals surface area contributed by atoms with E-state index in [1.54, 1.807) is 25.3 Å². The van der Waals surface area contributed by atoms with E-state index in [0.29, 0.717) is 28.8 Å². The highest BCUT2D eigenvalue weighted by Gasteiger charge is 2.15. The van der Waals surface area contributed by atoms with Crippen molar-refractivity contribution < 1.29 is 9.32 Å². The lowest BCUT2D eigenvalue weighted by molar-refractivity contribution is 0.0941. The molecule has 0 unspecified atom stereocenters. The Morgan fingerprint density at radius 1 is 1.38 bits per heavy atom. The van der Waals surface area contributed by atoms with Crippen LogP contribution in [0.1, 0.15) is 22.1 Å². The summed E-state index contributed by atoms with van der Waals surface area (Å²) in [5.41, 5.74) is 1.51. The number of rotatable bonds is 4. The van der Waals surface area contributed by atoms with Gasteiger partial charge in [0.05, 0.1) is 24.0 Å². The molecular weight excluding hydrogens is 292 g/mol. The summed E-state index contributed by atoms with van der Waals surface area (Å²) in [7, 11) is 0. The Morgan fingerprint density at radius 3 is 3.00 bits per heavy atom. The maximum Gasteiger partial charge on any atom is 0.273 e. The van der Waals surface area contributed by atoms with Gasteiger partial charge in [0.25, 0.3) is 5.91 Å². The molecule has 106 valence electrons. The summed E-state index contributed by atoms with van der Waals surface area (Å²) < 4.78 is 12.9. The van der Waals surface area contributed by atoms with Gasteiger partial charge in [-0.15, -0.1) is 0 Å². The first-order valence-corrected chi connectivity index (χ1v) is 6.78. The first kappa shape index (κ1) is 13.3. The maximum absolute atomic E-state index is 11.9. The third-order valence-corrected chi connectivity index (χ3v) is 3.25. The van der Waals surface area contributed by atoms with Crippen molar-refractivity contribution in [1.82, 2.24) is 29.2 Å². The van der Waals surface area contributed by atoms with Crippen LogP contribution in [-0.2, 0) is 6.54 Å². The minimum Gasteiger partial charge on any atom is -0.342 e. The van der Waals surface area contributed by atoms with Crippen molar-refractivity contribution in [2.24, 2.45) is 0 Å². The molecular formula is C12H10N6O2S. The van der Waals surface area contributed by atoms with Crippen LogP contribution in [0.5, 0.6) is 0 Å². The molecule has 3 heterocycles. The van der Waals surface area contributed by atoms with Crippen molar-refractivity contribution in [3.05, 3.63) is 41.7 Å². The molecule has 9 heteroatoms. The molecule has 1 amide bonds. The summed E-state index contributed by atoms with van der Waals surface area (Å²) in [5, 5.41) is 6.47. The molecule has 0 bridgehead atoms. The molecule has 0 atom stereocenters. The van der Waals surface area contributed by atoms with E-state index in [2.05, 4.69) is 29.2 Å². The normalized spacial score (nSPS) is 10.5. The number of aryl methyl sites for hydroxylation is 1. The second kappa shape index (κ2) is 5.75. The lowest BCUT2D eigenvalue weighted by atomic mass is 10.3. The molecule has 0 spiro atoms.